The maximum absolute atomic E-state index is 11.6. The van der Waals surface area contributed by atoms with Gasteiger partial charge in [-0.2, -0.15) is 0 Å². The van der Waals surface area contributed by atoms with Crippen LogP contribution in [0.25, 0.3) is 0 Å². The Labute approximate surface area is 228 Å². The summed E-state index contributed by atoms with van der Waals surface area (Å²) < 4.78 is 10.2. The third-order valence-corrected chi connectivity index (χ3v) is 5.06. The summed E-state index contributed by atoms with van der Waals surface area (Å²) in [6, 6.07) is -0.970. The van der Waals surface area contributed by atoms with E-state index in [0.29, 0.717) is 52.6 Å². The van der Waals surface area contributed by atoms with Crippen LogP contribution in [0.15, 0.2) is 23.7 Å². The van der Waals surface area contributed by atoms with Crippen molar-refractivity contribution in [3.63, 3.8) is 0 Å². The number of rotatable bonds is 2. The molecular formula is C24H38CoN4O8. The quantitative estimate of drug-likeness (QED) is 0.338. The smallest absolute Gasteiger partial charge is 0.875 e. The van der Waals surface area contributed by atoms with E-state index in [4.69, 9.17) is 9.47 Å². The van der Waals surface area contributed by atoms with Gasteiger partial charge in [0, 0.05) is 26.2 Å². The van der Waals surface area contributed by atoms with Gasteiger partial charge in [-0.15, -0.1) is 11.5 Å². The first-order valence-corrected chi connectivity index (χ1v) is 11.7. The standard InChI is InChI=1S/2C12H20N2O4.Co/c2*1-12(2,3)9(15)8-10(16)13-11(17)14-4-6-18-7-5-14;/h2*8,15H,4-7H2,1-3H3,(H,13,16,17);/q;;+2/p-2/b2*9-8-;. The Morgan fingerprint density at radius 3 is 1.16 bits per heavy atom. The van der Waals surface area contributed by atoms with E-state index in [1.54, 1.807) is 41.5 Å². The molecule has 0 aromatic heterocycles. The van der Waals surface area contributed by atoms with Crippen LogP contribution >= 0.6 is 0 Å². The molecule has 2 rings (SSSR count). The number of hydrogen-bond acceptors (Lipinski definition) is 8. The third kappa shape index (κ3) is 13.5. The molecule has 2 saturated heterocycles. The molecule has 1 radical (unpaired) electrons. The van der Waals surface area contributed by atoms with Crippen LogP contribution < -0.4 is 20.8 Å². The molecule has 2 heterocycles. The average molecular weight is 570 g/mol. The number of urea groups is 2. The first-order chi connectivity index (χ1) is 16.6. The van der Waals surface area contributed by atoms with Crippen molar-refractivity contribution in [1.29, 1.82) is 0 Å². The Kier molecular flexibility index (Phi) is 14.5. The summed E-state index contributed by atoms with van der Waals surface area (Å²) in [6.45, 7) is 13.9. The van der Waals surface area contributed by atoms with Gasteiger partial charge in [0.1, 0.15) is 0 Å². The fraction of sp³-hybridized carbons (Fsp3) is 0.667. The molecule has 0 unspecified atom stereocenters. The predicted molar refractivity (Wildman–Crippen MR) is 127 cm³/mol. The van der Waals surface area contributed by atoms with E-state index in [9.17, 15) is 29.4 Å². The number of nitrogens with one attached hydrogen (secondary N) is 2. The molecule has 0 aliphatic carbocycles. The molecule has 13 heteroatoms. The van der Waals surface area contributed by atoms with E-state index in [1.165, 1.54) is 9.80 Å². The van der Waals surface area contributed by atoms with Gasteiger partial charge in [-0.05, 0) is 23.0 Å². The number of nitrogens with zero attached hydrogens (tertiary/aromatic N) is 2. The van der Waals surface area contributed by atoms with Gasteiger partial charge in [0.15, 0.2) is 0 Å². The summed E-state index contributed by atoms with van der Waals surface area (Å²) in [5.41, 5.74) is -1.25. The van der Waals surface area contributed by atoms with Crippen LogP contribution in [-0.2, 0) is 35.8 Å². The van der Waals surface area contributed by atoms with E-state index in [-0.39, 0.29) is 28.3 Å². The zero-order valence-electron chi connectivity index (χ0n) is 22.3. The SMILES string of the molecule is CC(C)(C)/C([O-])=C/C(=O)NC(=O)N1CCOCC1.CC(C)(C)/C([O-])=C/C(=O)NC(=O)N1CCOCC1.[Co+2]. The molecular weight excluding hydrogens is 531 g/mol. The number of morpholine rings is 2. The topological polar surface area (TPSA) is 163 Å². The van der Waals surface area contributed by atoms with Crippen LogP contribution in [0.2, 0.25) is 0 Å². The van der Waals surface area contributed by atoms with E-state index >= 15 is 0 Å². The predicted octanol–water partition coefficient (Wildman–Crippen LogP) is -0.312. The number of imide groups is 2. The van der Waals surface area contributed by atoms with Gasteiger partial charge in [-0.1, -0.05) is 41.5 Å². The number of carbonyl (C=O) groups excluding carboxylic acids is 4. The zero-order chi connectivity index (χ0) is 27.5. The third-order valence-electron chi connectivity index (χ3n) is 5.06. The molecule has 0 aromatic carbocycles. The number of hydrogen-bond donors (Lipinski definition) is 2. The molecule has 6 amide bonds. The molecule has 37 heavy (non-hydrogen) atoms. The van der Waals surface area contributed by atoms with Crippen molar-refractivity contribution in [3.05, 3.63) is 23.7 Å². The summed E-state index contributed by atoms with van der Waals surface area (Å²) in [4.78, 5) is 49.2. The van der Waals surface area contributed by atoms with Gasteiger partial charge >= 0.3 is 28.8 Å². The molecule has 2 aliphatic heterocycles. The van der Waals surface area contributed by atoms with Crippen LogP contribution in [0.5, 0.6) is 0 Å². The number of ether oxygens (including phenoxy) is 2. The monoisotopic (exact) mass is 569 g/mol. The fourth-order valence-electron chi connectivity index (χ4n) is 2.65. The molecule has 0 spiro atoms. The Morgan fingerprint density at radius 2 is 0.919 bits per heavy atom. The van der Waals surface area contributed by atoms with Crippen molar-refractivity contribution in [2.75, 3.05) is 52.6 Å². The van der Waals surface area contributed by atoms with Gasteiger partial charge < -0.3 is 29.5 Å². The second kappa shape index (κ2) is 15.6. The summed E-state index contributed by atoms with van der Waals surface area (Å²) in [5, 5.41) is 27.5. The van der Waals surface area contributed by atoms with Crippen LogP contribution in [0, 0.1) is 10.8 Å². The van der Waals surface area contributed by atoms with E-state index in [2.05, 4.69) is 10.6 Å². The van der Waals surface area contributed by atoms with Crippen molar-refractivity contribution in [2.45, 2.75) is 41.5 Å². The second-order valence-corrected chi connectivity index (χ2v) is 10.3. The fourth-order valence-corrected chi connectivity index (χ4v) is 2.65. The number of amides is 6. The van der Waals surface area contributed by atoms with Crippen molar-refractivity contribution in [1.82, 2.24) is 20.4 Å². The minimum Gasteiger partial charge on any atom is -0.875 e. The van der Waals surface area contributed by atoms with Gasteiger partial charge in [0.25, 0.3) is 11.8 Å². The second-order valence-electron chi connectivity index (χ2n) is 10.3. The van der Waals surface area contributed by atoms with Crippen molar-refractivity contribution >= 4 is 23.9 Å². The largest absolute Gasteiger partial charge is 2.00 e. The summed E-state index contributed by atoms with van der Waals surface area (Å²) in [5.74, 6) is -1.97. The number of allylic oxidation sites excluding steroid dienone is 2. The summed E-state index contributed by atoms with van der Waals surface area (Å²) in [6.07, 6.45) is 1.86. The maximum Gasteiger partial charge on any atom is 2.00 e. The van der Waals surface area contributed by atoms with Crippen LogP contribution in [0.3, 0.4) is 0 Å². The first kappa shape index (κ1) is 34.4. The van der Waals surface area contributed by atoms with Crippen LogP contribution in [0.4, 0.5) is 9.59 Å². The van der Waals surface area contributed by atoms with Gasteiger partial charge in [0.05, 0.1) is 26.4 Å². The minimum atomic E-state index is -0.675. The molecule has 12 nitrogen and oxygen atoms in total. The average Bonchev–Trinajstić information content (AvgIpc) is 2.79. The Bertz CT molecular complexity index is 780. The van der Waals surface area contributed by atoms with E-state index in [1.807, 2.05) is 0 Å². The van der Waals surface area contributed by atoms with Crippen LogP contribution in [0.1, 0.15) is 41.5 Å². The molecule has 2 aliphatic rings. The molecule has 0 saturated carbocycles. The Balaban J connectivity index is 0.000000682. The van der Waals surface area contributed by atoms with E-state index < -0.39 is 34.7 Å². The summed E-state index contributed by atoms with van der Waals surface area (Å²) in [7, 11) is 0. The van der Waals surface area contributed by atoms with Crippen molar-refractivity contribution < 1.29 is 55.6 Å². The van der Waals surface area contributed by atoms with E-state index in [0.717, 1.165) is 12.2 Å². The zero-order valence-corrected chi connectivity index (χ0v) is 23.3. The maximum atomic E-state index is 11.6. The first-order valence-electron chi connectivity index (χ1n) is 11.7. The molecule has 0 bridgehead atoms. The van der Waals surface area contributed by atoms with Crippen molar-refractivity contribution in [3.8, 4) is 0 Å². The molecule has 0 aromatic rings. The van der Waals surface area contributed by atoms with Crippen LogP contribution in [-0.4, -0.2) is 86.3 Å². The Morgan fingerprint density at radius 1 is 0.649 bits per heavy atom. The molecule has 211 valence electrons. The number of carbonyl (C=O) groups is 4. The molecule has 0 atom stereocenters. The van der Waals surface area contributed by atoms with Gasteiger partial charge in [0.2, 0.25) is 0 Å². The Hall–Kier alpha value is -2.61. The van der Waals surface area contributed by atoms with Gasteiger partial charge in [-0.3, -0.25) is 20.2 Å². The normalized spacial score (nSPS) is 17.0. The summed E-state index contributed by atoms with van der Waals surface area (Å²) >= 11 is 0. The van der Waals surface area contributed by atoms with Gasteiger partial charge in [-0.25, -0.2) is 9.59 Å². The van der Waals surface area contributed by atoms with Crippen molar-refractivity contribution in [2.24, 2.45) is 10.8 Å². The molecule has 2 fully saturated rings. The minimum absolute atomic E-state index is 0. The molecule has 2 N–H and O–H groups in total.